The molecule has 1 saturated heterocycles. The van der Waals surface area contributed by atoms with Gasteiger partial charge in [-0.25, -0.2) is 8.42 Å². The Hall–Kier alpha value is -0.580. The molecule has 1 fully saturated rings. The summed E-state index contributed by atoms with van der Waals surface area (Å²) in [5.41, 5.74) is 6.91. The molecule has 2 rings (SSSR count). The van der Waals surface area contributed by atoms with E-state index in [1.165, 1.54) is 0 Å². The number of hydrogen-bond donors (Lipinski definition) is 1. The molecule has 0 spiro atoms. The molecule has 2 atom stereocenters. The molecule has 0 saturated carbocycles. The predicted octanol–water partition coefficient (Wildman–Crippen LogP) is 2.21. The minimum Gasteiger partial charge on any atom is -0.330 e. The third-order valence-corrected chi connectivity index (χ3v) is 5.64. The highest BCUT2D eigenvalue weighted by atomic mass is 35.5. The molecular formula is C13H18ClNO2S. The first kappa shape index (κ1) is 13.8. The van der Waals surface area contributed by atoms with Gasteiger partial charge in [0, 0.05) is 5.02 Å². The van der Waals surface area contributed by atoms with Gasteiger partial charge in [0.15, 0.2) is 0 Å². The zero-order valence-electron chi connectivity index (χ0n) is 10.2. The van der Waals surface area contributed by atoms with E-state index in [2.05, 4.69) is 0 Å². The molecule has 0 amide bonds. The fraction of sp³-hybridized carbons (Fsp3) is 0.538. The quantitative estimate of drug-likeness (QED) is 0.907. The first-order valence-corrected chi connectivity index (χ1v) is 8.38. The van der Waals surface area contributed by atoms with Crippen LogP contribution >= 0.6 is 11.6 Å². The second-order valence-electron chi connectivity index (χ2n) is 4.89. The third kappa shape index (κ3) is 3.25. The van der Waals surface area contributed by atoms with Gasteiger partial charge in [0.05, 0.1) is 11.5 Å². The van der Waals surface area contributed by atoms with Gasteiger partial charge < -0.3 is 5.73 Å². The van der Waals surface area contributed by atoms with Gasteiger partial charge >= 0.3 is 0 Å². The van der Waals surface area contributed by atoms with Crippen molar-refractivity contribution in [1.29, 1.82) is 0 Å². The van der Waals surface area contributed by atoms with Gasteiger partial charge in [-0.1, -0.05) is 23.7 Å². The molecule has 2 unspecified atom stereocenters. The number of sulfone groups is 1. The normalized spacial score (nSPS) is 27.7. The molecule has 100 valence electrons. The summed E-state index contributed by atoms with van der Waals surface area (Å²) < 4.78 is 23.4. The SMILES string of the molecule is NCC1CCS(=O)(=O)CCC1c1cccc(Cl)c1. The van der Waals surface area contributed by atoms with E-state index in [4.69, 9.17) is 17.3 Å². The lowest BCUT2D eigenvalue weighted by Crippen LogP contribution is -2.22. The molecular weight excluding hydrogens is 270 g/mol. The van der Waals surface area contributed by atoms with Crippen LogP contribution in [0, 0.1) is 5.92 Å². The highest BCUT2D eigenvalue weighted by Gasteiger charge is 2.29. The molecule has 0 aliphatic carbocycles. The molecule has 1 aliphatic heterocycles. The summed E-state index contributed by atoms with van der Waals surface area (Å²) in [6, 6.07) is 7.67. The number of nitrogens with two attached hydrogens (primary N) is 1. The first-order chi connectivity index (χ1) is 8.52. The lowest BCUT2D eigenvalue weighted by Gasteiger charge is -2.23. The zero-order chi connectivity index (χ0) is 13.2. The fourth-order valence-electron chi connectivity index (χ4n) is 2.63. The number of benzene rings is 1. The molecule has 1 aliphatic rings. The molecule has 0 bridgehead atoms. The van der Waals surface area contributed by atoms with Crippen molar-refractivity contribution in [3.63, 3.8) is 0 Å². The van der Waals surface area contributed by atoms with Crippen LogP contribution in [0.15, 0.2) is 24.3 Å². The van der Waals surface area contributed by atoms with Crippen LogP contribution < -0.4 is 5.73 Å². The molecule has 1 aromatic carbocycles. The van der Waals surface area contributed by atoms with Crippen LogP contribution in [0.2, 0.25) is 5.02 Å². The van der Waals surface area contributed by atoms with Gasteiger partial charge in [0.25, 0.3) is 0 Å². The van der Waals surface area contributed by atoms with Crippen molar-refractivity contribution >= 4 is 21.4 Å². The van der Waals surface area contributed by atoms with Crippen LogP contribution in [0.3, 0.4) is 0 Å². The Labute approximate surface area is 113 Å². The summed E-state index contributed by atoms with van der Waals surface area (Å²) in [5.74, 6) is 0.929. The van der Waals surface area contributed by atoms with Gasteiger partial charge in [-0.2, -0.15) is 0 Å². The van der Waals surface area contributed by atoms with Crippen LogP contribution in [0.1, 0.15) is 24.3 Å². The number of hydrogen-bond acceptors (Lipinski definition) is 3. The van der Waals surface area contributed by atoms with E-state index < -0.39 is 9.84 Å². The molecule has 0 radical (unpaired) electrons. The Morgan fingerprint density at radius 1 is 1.28 bits per heavy atom. The van der Waals surface area contributed by atoms with E-state index in [1.54, 1.807) is 0 Å². The Balaban J connectivity index is 2.29. The van der Waals surface area contributed by atoms with Crippen LogP contribution in [0.25, 0.3) is 0 Å². The number of rotatable bonds is 2. The standard InChI is InChI=1S/C13H18ClNO2S/c14-12-3-1-2-10(8-12)13-5-7-18(16,17)6-4-11(13)9-15/h1-3,8,11,13H,4-7,9,15H2. The molecule has 5 heteroatoms. The summed E-state index contributed by atoms with van der Waals surface area (Å²) in [6.45, 7) is 0.521. The lowest BCUT2D eigenvalue weighted by molar-refractivity contribution is 0.420. The van der Waals surface area contributed by atoms with Crippen molar-refractivity contribution in [3.05, 3.63) is 34.9 Å². The highest BCUT2D eigenvalue weighted by molar-refractivity contribution is 7.91. The van der Waals surface area contributed by atoms with E-state index in [-0.39, 0.29) is 23.3 Å². The third-order valence-electron chi connectivity index (χ3n) is 3.69. The van der Waals surface area contributed by atoms with E-state index in [0.29, 0.717) is 24.4 Å². The van der Waals surface area contributed by atoms with Gasteiger partial charge in [-0.15, -0.1) is 0 Å². The second-order valence-corrected chi connectivity index (χ2v) is 7.63. The fourth-order valence-corrected chi connectivity index (χ4v) is 4.31. The van der Waals surface area contributed by atoms with Crippen molar-refractivity contribution < 1.29 is 8.42 Å². The van der Waals surface area contributed by atoms with Crippen LogP contribution in [0.4, 0.5) is 0 Å². The molecule has 0 aromatic heterocycles. The maximum Gasteiger partial charge on any atom is 0.150 e. The predicted molar refractivity (Wildman–Crippen MR) is 74.6 cm³/mol. The van der Waals surface area contributed by atoms with Crippen LogP contribution in [0.5, 0.6) is 0 Å². The summed E-state index contributed by atoms with van der Waals surface area (Å²) in [6.07, 6.45) is 1.29. The van der Waals surface area contributed by atoms with Gasteiger partial charge in [-0.05, 0) is 48.9 Å². The monoisotopic (exact) mass is 287 g/mol. The average molecular weight is 288 g/mol. The zero-order valence-corrected chi connectivity index (χ0v) is 11.8. The maximum atomic E-state index is 11.7. The first-order valence-electron chi connectivity index (χ1n) is 6.18. The Morgan fingerprint density at radius 2 is 2.00 bits per heavy atom. The molecule has 1 aromatic rings. The Bertz CT molecular complexity index is 515. The molecule has 1 heterocycles. The van der Waals surface area contributed by atoms with E-state index >= 15 is 0 Å². The van der Waals surface area contributed by atoms with E-state index in [1.807, 2.05) is 24.3 Å². The van der Waals surface area contributed by atoms with Gasteiger partial charge in [0.1, 0.15) is 9.84 Å². The van der Waals surface area contributed by atoms with Crippen molar-refractivity contribution in [1.82, 2.24) is 0 Å². The lowest BCUT2D eigenvalue weighted by atomic mass is 9.82. The smallest absolute Gasteiger partial charge is 0.150 e. The average Bonchev–Trinajstić information content (AvgIpc) is 2.47. The van der Waals surface area contributed by atoms with Gasteiger partial charge in [0.2, 0.25) is 0 Å². The van der Waals surface area contributed by atoms with E-state index in [0.717, 1.165) is 5.56 Å². The van der Waals surface area contributed by atoms with Crippen molar-refractivity contribution in [2.45, 2.75) is 18.8 Å². The van der Waals surface area contributed by atoms with Crippen LogP contribution in [-0.4, -0.2) is 26.5 Å². The Morgan fingerprint density at radius 3 is 2.67 bits per heavy atom. The molecule has 3 nitrogen and oxygen atoms in total. The largest absolute Gasteiger partial charge is 0.330 e. The van der Waals surface area contributed by atoms with Crippen LogP contribution in [-0.2, 0) is 9.84 Å². The minimum atomic E-state index is -2.90. The summed E-state index contributed by atoms with van der Waals surface area (Å²) in [7, 11) is -2.90. The van der Waals surface area contributed by atoms with Crippen molar-refractivity contribution in [3.8, 4) is 0 Å². The maximum absolute atomic E-state index is 11.7. The second kappa shape index (κ2) is 5.59. The summed E-state index contributed by atoms with van der Waals surface area (Å²) in [5, 5.41) is 0.690. The molecule has 18 heavy (non-hydrogen) atoms. The van der Waals surface area contributed by atoms with Gasteiger partial charge in [-0.3, -0.25) is 0 Å². The van der Waals surface area contributed by atoms with E-state index in [9.17, 15) is 8.42 Å². The minimum absolute atomic E-state index is 0.200. The number of halogens is 1. The Kier molecular flexibility index (Phi) is 4.30. The topological polar surface area (TPSA) is 60.2 Å². The summed E-state index contributed by atoms with van der Waals surface area (Å²) in [4.78, 5) is 0. The summed E-state index contributed by atoms with van der Waals surface area (Å²) >= 11 is 6.00. The highest BCUT2D eigenvalue weighted by Crippen LogP contribution is 2.34. The molecule has 2 N–H and O–H groups in total. The van der Waals surface area contributed by atoms with Crippen molar-refractivity contribution in [2.24, 2.45) is 11.7 Å². The van der Waals surface area contributed by atoms with Crippen molar-refractivity contribution in [2.75, 3.05) is 18.1 Å².